The zero-order valence-corrected chi connectivity index (χ0v) is 11.2. The van der Waals surface area contributed by atoms with Gasteiger partial charge >= 0.3 is 7.12 Å². The van der Waals surface area contributed by atoms with Crippen molar-refractivity contribution in [1.29, 1.82) is 5.26 Å². The topological polar surface area (TPSA) is 73.5 Å². The van der Waals surface area contributed by atoms with Crippen LogP contribution in [0.4, 0.5) is 0 Å². The molecule has 2 aromatic rings. The zero-order chi connectivity index (χ0) is 14.5. The molecule has 0 bridgehead atoms. The summed E-state index contributed by atoms with van der Waals surface area (Å²) in [6.45, 7) is 0.269. The number of rotatable bonds is 4. The molecule has 6 heteroatoms. The fourth-order valence-corrected chi connectivity index (χ4v) is 1.87. The predicted molar refractivity (Wildman–Crippen MR) is 76.8 cm³/mol. The van der Waals surface area contributed by atoms with Crippen LogP contribution in [0.15, 0.2) is 42.5 Å². The summed E-state index contributed by atoms with van der Waals surface area (Å²) in [7, 11) is -1.49. The number of benzene rings is 2. The molecule has 2 rings (SSSR count). The highest BCUT2D eigenvalue weighted by Crippen LogP contribution is 2.20. The molecule has 0 saturated heterocycles. The maximum atomic E-state index is 8.98. The van der Waals surface area contributed by atoms with Crippen LogP contribution in [-0.4, -0.2) is 17.2 Å². The second-order valence-corrected chi connectivity index (χ2v) is 4.56. The fourth-order valence-electron chi connectivity index (χ4n) is 1.63. The van der Waals surface area contributed by atoms with E-state index in [1.807, 2.05) is 6.07 Å². The van der Waals surface area contributed by atoms with Gasteiger partial charge in [0.15, 0.2) is 0 Å². The third-order valence-electron chi connectivity index (χ3n) is 2.75. The van der Waals surface area contributed by atoms with Gasteiger partial charge in [-0.15, -0.1) is 0 Å². The van der Waals surface area contributed by atoms with Crippen LogP contribution in [0.5, 0.6) is 5.75 Å². The fraction of sp³-hybridized carbons (Fsp3) is 0.0714. The molecule has 0 fully saturated rings. The first-order valence-electron chi connectivity index (χ1n) is 5.87. The number of hydrogen-bond donors (Lipinski definition) is 2. The van der Waals surface area contributed by atoms with E-state index in [2.05, 4.69) is 0 Å². The van der Waals surface area contributed by atoms with E-state index in [4.69, 9.17) is 31.6 Å². The Hall–Kier alpha value is -2.00. The molecule has 0 spiro atoms. The Bertz CT molecular complexity index is 638. The van der Waals surface area contributed by atoms with Crippen molar-refractivity contribution in [1.82, 2.24) is 0 Å². The Morgan fingerprint density at radius 3 is 2.40 bits per heavy atom. The van der Waals surface area contributed by atoms with Crippen molar-refractivity contribution in [3.63, 3.8) is 0 Å². The summed E-state index contributed by atoms with van der Waals surface area (Å²) in [4.78, 5) is 0. The van der Waals surface area contributed by atoms with Crippen LogP contribution < -0.4 is 10.2 Å². The van der Waals surface area contributed by atoms with Gasteiger partial charge < -0.3 is 14.8 Å². The van der Waals surface area contributed by atoms with Crippen molar-refractivity contribution in [3.8, 4) is 11.8 Å². The van der Waals surface area contributed by atoms with Crippen LogP contribution >= 0.6 is 11.6 Å². The molecule has 0 radical (unpaired) electrons. The summed E-state index contributed by atoms with van der Waals surface area (Å²) >= 11 is 6.04. The molecule has 0 atom stereocenters. The van der Waals surface area contributed by atoms with E-state index in [9.17, 15) is 0 Å². The maximum Gasteiger partial charge on any atom is 0.488 e. The van der Waals surface area contributed by atoms with Crippen LogP contribution in [0.2, 0.25) is 5.02 Å². The monoisotopic (exact) mass is 287 g/mol. The van der Waals surface area contributed by atoms with Gasteiger partial charge in [-0.1, -0.05) is 29.8 Å². The van der Waals surface area contributed by atoms with Gasteiger partial charge in [-0.3, -0.25) is 0 Å². The van der Waals surface area contributed by atoms with Gasteiger partial charge in [-0.25, -0.2) is 0 Å². The van der Waals surface area contributed by atoms with E-state index >= 15 is 0 Å². The van der Waals surface area contributed by atoms with E-state index in [1.165, 1.54) is 0 Å². The number of nitrogens with zero attached hydrogens (tertiary/aromatic N) is 1. The highest BCUT2D eigenvalue weighted by atomic mass is 35.5. The second kappa shape index (κ2) is 6.44. The molecular formula is C14H11BClNO3. The molecule has 4 nitrogen and oxygen atoms in total. The number of hydrogen-bond acceptors (Lipinski definition) is 4. The van der Waals surface area contributed by atoms with E-state index in [0.717, 1.165) is 5.56 Å². The van der Waals surface area contributed by atoms with E-state index in [1.54, 1.807) is 42.5 Å². The third-order valence-corrected chi connectivity index (χ3v) is 3.11. The lowest BCUT2D eigenvalue weighted by atomic mass is 9.80. The van der Waals surface area contributed by atoms with Gasteiger partial charge in [0.2, 0.25) is 0 Å². The minimum atomic E-state index is -1.49. The summed E-state index contributed by atoms with van der Waals surface area (Å²) in [5.41, 5.74) is 1.67. The molecule has 0 aliphatic heterocycles. The van der Waals surface area contributed by atoms with Gasteiger partial charge in [-0.05, 0) is 29.7 Å². The quantitative estimate of drug-likeness (QED) is 0.835. The molecule has 2 N–H and O–H groups in total. The average Bonchev–Trinajstić information content (AvgIpc) is 2.46. The van der Waals surface area contributed by atoms with Crippen molar-refractivity contribution in [2.45, 2.75) is 6.61 Å². The molecule has 0 aromatic heterocycles. The summed E-state index contributed by atoms with van der Waals surface area (Å²) < 4.78 is 5.55. The van der Waals surface area contributed by atoms with Crippen LogP contribution in [0.1, 0.15) is 11.1 Å². The van der Waals surface area contributed by atoms with E-state index in [0.29, 0.717) is 21.8 Å². The Morgan fingerprint density at radius 1 is 1.15 bits per heavy atom. The Kier molecular flexibility index (Phi) is 4.64. The van der Waals surface area contributed by atoms with Crippen molar-refractivity contribution >= 4 is 24.2 Å². The smallest absolute Gasteiger partial charge is 0.488 e. The third kappa shape index (κ3) is 3.52. The Morgan fingerprint density at radius 2 is 1.85 bits per heavy atom. The minimum absolute atomic E-state index is 0.269. The van der Waals surface area contributed by atoms with Crippen molar-refractivity contribution < 1.29 is 14.8 Å². The van der Waals surface area contributed by atoms with Gasteiger partial charge in [0.25, 0.3) is 0 Å². The normalized spacial score (nSPS) is 9.90. The molecule has 0 unspecified atom stereocenters. The standard InChI is InChI=1S/C14H11BClNO3/c16-14-7-10(8-17)1-2-11(14)9-20-13-5-3-12(4-6-13)15(18)19/h1-7,18-19H,9H2. The predicted octanol–water partition coefficient (Wildman–Crippen LogP) is 1.47. The maximum absolute atomic E-state index is 8.98. The summed E-state index contributed by atoms with van der Waals surface area (Å²) in [5.74, 6) is 0.592. The lowest BCUT2D eigenvalue weighted by Crippen LogP contribution is -2.29. The SMILES string of the molecule is N#Cc1ccc(COc2ccc(B(O)O)cc2)c(Cl)c1. The molecule has 0 amide bonds. The van der Waals surface area contributed by atoms with Gasteiger partial charge in [0.05, 0.1) is 11.6 Å². The number of ether oxygens (including phenoxy) is 1. The molecule has 100 valence electrons. The second-order valence-electron chi connectivity index (χ2n) is 4.15. The number of nitriles is 1. The van der Waals surface area contributed by atoms with Gasteiger partial charge in [0.1, 0.15) is 12.4 Å². The molecule has 0 aliphatic rings. The number of halogens is 1. The summed E-state index contributed by atoms with van der Waals surface area (Å²) in [6, 6.07) is 13.5. The average molecular weight is 288 g/mol. The van der Waals surface area contributed by atoms with Gasteiger partial charge in [0, 0.05) is 10.6 Å². The van der Waals surface area contributed by atoms with Crippen molar-refractivity contribution in [3.05, 3.63) is 58.6 Å². The van der Waals surface area contributed by atoms with Crippen molar-refractivity contribution in [2.75, 3.05) is 0 Å². The first-order valence-corrected chi connectivity index (χ1v) is 6.25. The van der Waals surface area contributed by atoms with Crippen LogP contribution in [0.25, 0.3) is 0 Å². The zero-order valence-electron chi connectivity index (χ0n) is 10.5. The molecule has 0 saturated carbocycles. The molecule has 20 heavy (non-hydrogen) atoms. The largest absolute Gasteiger partial charge is 0.489 e. The van der Waals surface area contributed by atoms with Crippen LogP contribution in [0, 0.1) is 11.3 Å². The molecule has 0 heterocycles. The summed E-state index contributed by atoms with van der Waals surface area (Å²) in [5, 5.41) is 27.2. The minimum Gasteiger partial charge on any atom is -0.489 e. The Labute approximate surface area is 122 Å². The Balaban J connectivity index is 2.03. The molecule has 2 aromatic carbocycles. The van der Waals surface area contributed by atoms with Crippen molar-refractivity contribution in [2.24, 2.45) is 0 Å². The molecule has 0 aliphatic carbocycles. The van der Waals surface area contributed by atoms with E-state index < -0.39 is 7.12 Å². The molecular weight excluding hydrogens is 276 g/mol. The first-order chi connectivity index (χ1) is 9.60. The lowest BCUT2D eigenvalue weighted by molar-refractivity contribution is 0.306. The van der Waals surface area contributed by atoms with Crippen LogP contribution in [0.3, 0.4) is 0 Å². The highest BCUT2D eigenvalue weighted by Gasteiger charge is 2.10. The lowest BCUT2D eigenvalue weighted by Gasteiger charge is -2.08. The van der Waals surface area contributed by atoms with Gasteiger partial charge in [-0.2, -0.15) is 5.26 Å². The highest BCUT2D eigenvalue weighted by molar-refractivity contribution is 6.58. The van der Waals surface area contributed by atoms with Crippen LogP contribution in [-0.2, 0) is 6.61 Å². The van der Waals surface area contributed by atoms with E-state index in [-0.39, 0.29) is 6.61 Å². The summed E-state index contributed by atoms with van der Waals surface area (Å²) in [6.07, 6.45) is 0. The first kappa shape index (κ1) is 14.4.